The second-order valence-electron chi connectivity index (χ2n) is 5.38. The molecule has 1 aliphatic carbocycles. The lowest BCUT2D eigenvalue weighted by molar-refractivity contribution is 0.314. The highest BCUT2D eigenvalue weighted by Crippen LogP contribution is 2.38. The molecule has 81 valence electrons. The number of hydrogen-bond acceptors (Lipinski definition) is 2. The van der Waals surface area contributed by atoms with Crippen molar-refractivity contribution >= 4 is 0 Å². The fourth-order valence-corrected chi connectivity index (χ4v) is 3.21. The Hall–Kier alpha value is -0.0800. The monoisotopic (exact) mass is 195 g/mol. The Kier molecular flexibility index (Phi) is 3.13. The molecule has 2 nitrogen and oxygen atoms in total. The van der Waals surface area contributed by atoms with E-state index in [0.717, 1.165) is 17.9 Å². The van der Waals surface area contributed by atoms with Gasteiger partial charge in [-0.3, -0.25) is 0 Å². The number of hydrogen-bond donors (Lipinski definition) is 1. The van der Waals surface area contributed by atoms with Crippen LogP contribution in [0.4, 0.5) is 0 Å². The lowest BCUT2D eigenvalue weighted by Crippen LogP contribution is -2.29. The molecule has 3 atom stereocenters. The van der Waals surface area contributed by atoms with E-state index >= 15 is 0 Å². The molecule has 0 aromatic heterocycles. The molecule has 14 heavy (non-hydrogen) atoms. The van der Waals surface area contributed by atoms with Crippen LogP contribution >= 0.6 is 0 Å². The first-order valence-electron chi connectivity index (χ1n) is 5.87. The molecular weight excluding hydrogens is 172 g/mol. The number of likely N-dealkylation sites (tertiary alicyclic amines) is 1. The van der Waals surface area contributed by atoms with Gasteiger partial charge >= 0.3 is 0 Å². The van der Waals surface area contributed by atoms with E-state index in [1.54, 1.807) is 5.92 Å². The molecule has 1 saturated heterocycles. The van der Waals surface area contributed by atoms with Crippen molar-refractivity contribution in [2.45, 2.75) is 32.7 Å². The Morgan fingerprint density at radius 2 is 1.79 bits per heavy atom. The molecule has 0 spiro atoms. The first-order valence-corrected chi connectivity index (χ1v) is 5.87. The van der Waals surface area contributed by atoms with Gasteiger partial charge in [-0.1, -0.05) is 13.8 Å². The van der Waals surface area contributed by atoms with E-state index in [2.05, 4.69) is 31.1 Å². The van der Waals surface area contributed by atoms with Crippen molar-refractivity contribution in [2.75, 3.05) is 26.7 Å². The third kappa shape index (κ3) is 2.12. The minimum Gasteiger partial charge on any atom is -0.317 e. The van der Waals surface area contributed by atoms with E-state index in [9.17, 15) is 0 Å². The summed E-state index contributed by atoms with van der Waals surface area (Å²) in [5, 5.41) is 3.42. The normalized spacial score (nSPS) is 38.1. The molecule has 1 heterocycles. The Morgan fingerprint density at radius 3 is 2.21 bits per heavy atom. The van der Waals surface area contributed by atoms with Crippen molar-refractivity contribution in [1.82, 2.24) is 10.2 Å². The highest BCUT2D eigenvalue weighted by atomic mass is 15.2. The van der Waals surface area contributed by atoms with E-state index in [1.165, 1.54) is 32.5 Å². The fraction of sp³-hybridized carbons (Fsp3) is 0.917. The zero-order valence-electron chi connectivity index (χ0n) is 9.71. The number of rotatable bonds is 3. The summed E-state index contributed by atoms with van der Waals surface area (Å²) < 4.78 is 0. The molecule has 2 aliphatic rings. The minimum absolute atomic E-state index is 0.804. The Balaban J connectivity index is 1.81. The lowest BCUT2D eigenvalue weighted by atomic mass is 10.0. The van der Waals surface area contributed by atoms with Crippen LogP contribution in [0, 0.1) is 17.8 Å². The molecule has 1 aliphatic heterocycles. The SMILES string of the molecule is CN[C@H]1C[C@@H]2CN(C[C](C)C)C[C@@H]2C1. The first kappa shape index (κ1) is 10.4. The molecule has 0 aromatic rings. The number of fused-ring (bicyclic) bond motifs is 1. The largest absolute Gasteiger partial charge is 0.317 e. The second-order valence-corrected chi connectivity index (χ2v) is 5.38. The van der Waals surface area contributed by atoms with Crippen molar-refractivity contribution < 1.29 is 0 Å². The summed E-state index contributed by atoms with van der Waals surface area (Å²) in [5.41, 5.74) is 0. The van der Waals surface area contributed by atoms with Gasteiger partial charge in [0.1, 0.15) is 0 Å². The molecule has 1 saturated carbocycles. The van der Waals surface area contributed by atoms with Crippen LogP contribution in [-0.2, 0) is 0 Å². The number of nitrogens with zero attached hydrogens (tertiary/aromatic N) is 1. The van der Waals surface area contributed by atoms with Crippen LogP contribution in [0.25, 0.3) is 0 Å². The molecule has 0 bridgehead atoms. The molecule has 2 heteroatoms. The van der Waals surface area contributed by atoms with Crippen molar-refractivity contribution in [3.63, 3.8) is 0 Å². The van der Waals surface area contributed by atoms with Gasteiger partial charge in [0.2, 0.25) is 0 Å². The molecule has 2 fully saturated rings. The van der Waals surface area contributed by atoms with Gasteiger partial charge in [0, 0.05) is 25.7 Å². The van der Waals surface area contributed by atoms with E-state index < -0.39 is 0 Å². The van der Waals surface area contributed by atoms with Gasteiger partial charge in [0.05, 0.1) is 0 Å². The Bertz CT molecular complexity index is 177. The maximum absolute atomic E-state index is 3.42. The summed E-state index contributed by atoms with van der Waals surface area (Å²) in [6.07, 6.45) is 2.81. The fourth-order valence-electron chi connectivity index (χ4n) is 3.21. The summed E-state index contributed by atoms with van der Waals surface area (Å²) in [7, 11) is 2.10. The highest BCUT2D eigenvalue weighted by Gasteiger charge is 2.40. The van der Waals surface area contributed by atoms with Gasteiger partial charge in [-0.25, -0.2) is 0 Å². The van der Waals surface area contributed by atoms with E-state index in [-0.39, 0.29) is 0 Å². The molecule has 2 rings (SSSR count). The van der Waals surface area contributed by atoms with Gasteiger partial charge in [-0.2, -0.15) is 0 Å². The Labute approximate surface area is 88.1 Å². The van der Waals surface area contributed by atoms with E-state index in [0.29, 0.717) is 0 Å². The second kappa shape index (κ2) is 4.19. The maximum atomic E-state index is 3.42. The van der Waals surface area contributed by atoms with Crippen LogP contribution in [0.3, 0.4) is 0 Å². The summed E-state index contributed by atoms with van der Waals surface area (Å²) in [6.45, 7) is 8.38. The summed E-state index contributed by atoms with van der Waals surface area (Å²) in [4.78, 5) is 2.64. The molecule has 0 unspecified atom stereocenters. The number of nitrogens with one attached hydrogen (secondary N) is 1. The van der Waals surface area contributed by atoms with Crippen LogP contribution < -0.4 is 5.32 Å². The minimum atomic E-state index is 0.804. The highest BCUT2D eigenvalue weighted by molar-refractivity contribution is 4.96. The third-order valence-corrected chi connectivity index (χ3v) is 3.77. The van der Waals surface area contributed by atoms with Crippen molar-refractivity contribution in [1.29, 1.82) is 0 Å². The van der Waals surface area contributed by atoms with Gasteiger partial charge in [0.15, 0.2) is 0 Å². The van der Waals surface area contributed by atoms with Crippen LogP contribution in [0.5, 0.6) is 0 Å². The topological polar surface area (TPSA) is 15.3 Å². The smallest absolute Gasteiger partial charge is 0.00705 e. The lowest BCUT2D eigenvalue weighted by Gasteiger charge is -2.20. The Morgan fingerprint density at radius 1 is 1.21 bits per heavy atom. The average molecular weight is 195 g/mol. The standard InChI is InChI=1S/C12H23N2/c1-9(2)6-14-7-10-4-12(13-3)5-11(10)8-14/h10-13H,4-8H2,1-3H3/t10-,11+,12+. The van der Waals surface area contributed by atoms with Crippen LogP contribution in [-0.4, -0.2) is 37.6 Å². The van der Waals surface area contributed by atoms with Crippen molar-refractivity contribution in [2.24, 2.45) is 11.8 Å². The average Bonchev–Trinajstić information content (AvgIpc) is 2.59. The van der Waals surface area contributed by atoms with Gasteiger partial charge in [0.25, 0.3) is 0 Å². The van der Waals surface area contributed by atoms with Crippen molar-refractivity contribution in [3.8, 4) is 0 Å². The summed E-state index contributed by atoms with van der Waals surface area (Å²) in [6, 6.07) is 0.804. The van der Waals surface area contributed by atoms with Crippen LogP contribution in [0.1, 0.15) is 26.7 Å². The van der Waals surface area contributed by atoms with Gasteiger partial charge in [-0.15, -0.1) is 0 Å². The zero-order chi connectivity index (χ0) is 10.1. The maximum Gasteiger partial charge on any atom is 0.00705 e. The summed E-state index contributed by atoms with van der Waals surface area (Å²) >= 11 is 0. The molecule has 0 amide bonds. The first-order chi connectivity index (χ1) is 6.69. The predicted octanol–water partition coefficient (Wildman–Crippen LogP) is 1.53. The van der Waals surface area contributed by atoms with E-state index in [4.69, 9.17) is 0 Å². The molecule has 0 aromatic carbocycles. The third-order valence-electron chi connectivity index (χ3n) is 3.77. The quantitative estimate of drug-likeness (QED) is 0.735. The van der Waals surface area contributed by atoms with Crippen molar-refractivity contribution in [3.05, 3.63) is 5.92 Å². The van der Waals surface area contributed by atoms with E-state index in [1.807, 2.05) is 0 Å². The molecule has 1 N–H and O–H groups in total. The van der Waals surface area contributed by atoms with Crippen LogP contribution in [0.15, 0.2) is 0 Å². The molecule has 1 radical (unpaired) electrons. The molecular formula is C12H23N2. The van der Waals surface area contributed by atoms with Crippen LogP contribution in [0.2, 0.25) is 0 Å². The summed E-state index contributed by atoms with van der Waals surface area (Å²) in [5.74, 6) is 3.51. The van der Waals surface area contributed by atoms with Gasteiger partial charge < -0.3 is 10.2 Å². The van der Waals surface area contributed by atoms with Gasteiger partial charge in [-0.05, 0) is 37.6 Å². The zero-order valence-corrected chi connectivity index (χ0v) is 9.71. The predicted molar refractivity (Wildman–Crippen MR) is 60.1 cm³/mol.